The fraction of sp³-hybridized carbons (Fsp3) is 0.875. The second-order valence-corrected chi connectivity index (χ2v) is 6.11. The molecule has 0 amide bonds. The Bertz CT molecular complexity index is 231. The highest BCUT2D eigenvalue weighted by molar-refractivity contribution is 6.14. The van der Waals surface area contributed by atoms with Gasteiger partial charge in [0.1, 0.15) is 5.82 Å². The van der Waals surface area contributed by atoms with E-state index in [0.717, 1.165) is 24.3 Å². The van der Waals surface area contributed by atoms with Gasteiger partial charge >= 0.3 is 0 Å². The topological polar surface area (TPSA) is 24.1 Å². The molecule has 0 fully saturated rings. The van der Waals surface area contributed by atoms with Crippen LogP contribution in [-0.4, -0.2) is 6.54 Å². The maximum absolute atomic E-state index is 5.44. The summed E-state index contributed by atoms with van der Waals surface area (Å²) in [5, 5.41) is 3.16. The van der Waals surface area contributed by atoms with Crippen LogP contribution >= 0.6 is 11.8 Å². The van der Waals surface area contributed by atoms with Crippen molar-refractivity contribution in [2.24, 2.45) is 17.8 Å². The number of rotatable bonds is 12. The number of halogens is 1. The standard InChI is InChI=1S/C16H33ClN2/c1-6-9-16(14(4)7-2)12-13(3)10-8-11-18-15(5)19-17/h13-14,16,18-19H,5-12H2,1-4H3. The highest BCUT2D eigenvalue weighted by Gasteiger charge is 2.17. The molecule has 2 nitrogen and oxygen atoms in total. The van der Waals surface area contributed by atoms with Crippen molar-refractivity contribution in [2.45, 2.75) is 66.2 Å². The molecule has 0 rings (SSSR count). The van der Waals surface area contributed by atoms with Crippen molar-refractivity contribution in [2.75, 3.05) is 6.54 Å². The van der Waals surface area contributed by atoms with Crippen LogP contribution in [0.5, 0.6) is 0 Å². The SMILES string of the molecule is C=C(NCl)NCCCC(C)CC(CCC)C(C)CC. The summed E-state index contributed by atoms with van der Waals surface area (Å²) >= 11 is 5.44. The van der Waals surface area contributed by atoms with Crippen LogP contribution in [0.25, 0.3) is 0 Å². The van der Waals surface area contributed by atoms with Gasteiger partial charge in [0, 0.05) is 18.3 Å². The lowest BCUT2D eigenvalue weighted by Crippen LogP contribution is -2.21. The molecule has 0 aliphatic heterocycles. The molecule has 0 aliphatic carbocycles. The van der Waals surface area contributed by atoms with Crippen LogP contribution in [0.2, 0.25) is 0 Å². The highest BCUT2D eigenvalue weighted by Crippen LogP contribution is 2.28. The maximum Gasteiger partial charge on any atom is 0.106 e. The third-order valence-electron chi connectivity index (χ3n) is 4.14. The first kappa shape index (κ1) is 18.6. The van der Waals surface area contributed by atoms with Crippen LogP contribution in [0, 0.1) is 17.8 Å². The van der Waals surface area contributed by atoms with Gasteiger partial charge in [-0.25, -0.2) is 0 Å². The Morgan fingerprint density at radius 1 is 1.21 bits per heavy atom. The van der Waals surface area contributed by atoms with Gasteiger partial charge in [0.25, 0.3) is 0 Å². The van der Waals surface area contributed by atoms with Crippen molar-refractivity contribution in [1.82, 2.24) is 10.2 Å². The van der Waals surface area contributed by atoms with Crippen LogP contribution in [0.15, 0.2) is 12.4 Å². The molecule has 19 heavy (non-hydrogen) atoms. The van der Waals surface area contributed by atoms with E-state index in [4.69, 9.17) is 11.8 Å². The van der Waals surface area contributed by atoms with Crippen LogP contribution in [0.3, 0.4) is 0 Å². The summed E-state index contributed by atoms with van der Waals surface area (Å²) in [6, 6.07) is 0. The molecule has 0 radical (unpaired) electrons. The van der Waals surface area contributed by atoms with Gasteiger partial charge in [-0.15, -0.1) is 0 Å². The molecule has 0 aromatic carbocycles. The summed E-state index contributed by atoms with van der Waals surface area (Å²) in [6.07, 6.45) is 7.82. The molecule has 114 valence electrons. The first-order chi connectivity index (χ1) is 9.04. The van der Waals surface area contributed by atoms with Gasteiger partial charge in [-0.05, 0) is 37.0 Å². The van der Waals surface area contributed by atoms with Crippen molar-refractivity contribution in [1.29, 1.82) is 0 Å². The summed E-state index contributed by atoms with van der Waals surface area (Å²) in [4.78, 5) is 2.49. The van der Waals surface area contributed by atoms with Crippen LogP contribution in [0.4, 0.5) is 0 Å². The first-order valence-corrected chi connectivity index (χ1v) is 8.22. The fourth-order valence-electron chi connectivity index (χ4n) is 2.70. The normalized spacial score (nSPS) is 15.6. The zero-order valence-electron chi connectivity index (χ0n) is 13.3. The summed E-state index contributed by atoms with van der Waals surface area (Å²) < 4.78 is 0. The van der Waals surface area contributed by atoms with E-state index in [1.165, 1.54) is 38.5 Å². The van der Waals surface area contributed by atoms with Gasteiger partial charge in [0.2, 0.25) is 0 Å². The van der Waals surface area contributed by atoms with Crippen molar-refractivity contribution in [3.05, 3.63) is 12.4 Å². The average molecular weight is 289 g/mol. The third-order valence-corrected chi connectivity index (χ3v) is 4.37. The van der Waals surface area contributed by atoms with Crippen molar-refractivity contribution >= 4 is 11.8 Å². The van der Waals surface area contributed by atoms with Crippen LogP contribution < -0.4 is 10.2 Å². The number of nitrogens with one attached hydrogen (secondary N) is 2. The summed E-state index contributed by atoms with van der Waals surface area (Å²) in [7, 11) is 0. The molecule has 3 heteroatoms. The van der Waals surface area contributed by atoms with E-state index in [1.807, 2.05) is 0 Å². The van der Waals surface area contributed by atoms with Gasteiger partial charge in [-0.3, -0.25) is 4.84 Å². The fourth-order valence-corrected chi connectivity index (χ4v) is 2.76. The van der Waals surface area contributed by atoms with E-state index in [2.05, 4.69) is 44.4 Å². The summed E-state index contributed by atoms with van der Waals surface area (Å²) in [5.74, 6) is 3.26. The molecule has 0 saturated carbocycles. The summed E-state index contributed by atoms with van der Waals surface area (Å²) in [6.45, 7) is 14.1. The predicted molar refractivity (Wildman–Crippen MR) is 87.0 cm³/mol. The van der Waals surface area contributed by atoms with E-state index >= 15 is 0 Å². The lowest BCUT2D eigenvalue weighted by Gasteiger charge is -2.26. The molecular formula is C16H33ClN2. The molecule has 0 heterocycles. The Morgan fingerprint density at radius 3 is 2.42 bits per heavy atom. The molecule has 0 saturated heterocycles. The first-order valence-electron chi connectivity index (χ1n) is 7.84. The van der Waals surface area contributed by atoms with Crippen LogP contribution in [0.1, 0.15) is 66.2 Å². The van der Waals surface area contributed by atoms with Crippen LogP contribution in [-0.2, 0) is 0 Å². The zero-order chi connectivity index (χ0) is 14.7. The molecule has 0 aromatic heterocycles. The Morgan fingerprint density at radius 2 is 1.89 bits per heavy atom. The summed E-state index contributed by atoms with van der Waals surface area (Å²) in [5.41, 5.74) is 0. The van der Waals surface area contributed by atoms with E-state index in [1.54, 1.807) is 0 Å². The van der Waals surface area contributed by atoms with Gasteiger partial charge in [-0.2, -0.15) is 0 Å². The number of hydrogen-bond donors (Lipinski definition) is 2. The molecule has 0 spiro atoms. The average Bonchev–Trinajstić information content (AvgIpc) is 2.41. The lowest BCUT2D eigenvalue weighted by molar-refractivity contribution is 0.258. The lowest BCUT2D eigenvalue weighted by atomic mass is 9.80. The Labute approximate surface area is 125 Å². The second kappa shape index (κ2) is 11.5. The molecule has 0 bridgehead atoms. The molecule has 3 unspecified atom stereocenters. The Hall–Kier alpha value is -0.370. The quantitative estimate of drug-likeness (QED) is 0.387. The van der Waals surface area contributed by atoms with Crippen molar-refractivity contribution < 1.29 is 0 Å². The molecule has 0 aliphatic rings. The van der Waals surface area contributed by atoms with E-state index in [-0.39, 0.29) is 0 Å². The van der Waals surface area contributed by atoms with Gasteiger partial charge in [-0.1, -0.05) is 53.5 Å². The second-order valence-electron chi connectivity index (χ2n) is 5.92. The molecular weight excluding hydrogens is 256 g/mol. The predicted octanol–water partition coefficient (Wildman–Crippen LogP) is 5.06. The Kier molecular flexibility index (Phi) is 11.2. The monoisotopic (exact) mass is 288 g/mol. The van der Waals surface area contributed by atoms with Crippen molar-refractivity contribution in [3.63, 3.8) is 0 Å². The van der Waals surface area contributed by atoms with E-state index in [9.17, 15) is 0 Å². The van der Waals surface area contributed by atoms with Gasteiger partial charge in [0.05, 0.1) is 0 Å². The molecule has 3 atom stereocenters. The van der Waals surface area contributed by atoms with Gasteiger partial charge < -0.3 is 5.32 Å². The third kappa shape index (κ3) is 9.21. The molecule has 0 aromatic rings. The minimum absolute atomic E-state index is 0.692. The van der Waals surface area contributed by atoms with E-state index in [0.29, 0.717) is 5.82 Å². The largest absolute Gasteiger partial charge is 0.371 e. The zero-order valence-corrected chi connectivity index (χ0v) is 14.0. The minimum atomic E-state index is 0.692. The molecule has 2 N–H and O–H groups in total. The highest BCUT2D eigenvalue weighted by atomic mass is 35.5. The van der Waals surface area contributed by atoms with Gasteiger partial charge in [0.15, 0.2) is 0 Å². The number of hydrogen-bond acceptors (Lipinski definition) is 2. The smallest absolute Gasteiger partial charge is 0.106 e. The van der Waals surface area contributed by atoms with Crippen molar-refractivity contribution in [3.8, 4) is 0 Å². The Balaban J connectivity index is 3.86. The van der Waals surface area contributed by atoms with E-state index < -0.39 is 0 Å². The maximum atomic E-state index is 5.44. The minimum Gasteiger partial charge on any atom is -0.371 e.